The monoisotopic (exact) mass is 823 g/mol. The quantitative estimate of drug-likeness (QED) is 0.0803. The molecule has 2 aromatic heterocycles. The molecule has 302 valence electrons. The zero-order chi connectivity index (χ0) is 41.2. The van der Waals surface area contributed by atoms with E-state index < -0.39 is 52.8 Å². The highest BCUT2D eigenvalue weighted by Crippen LogP contribution is 2.47. The SMILES string of the molecule is COc1ccc(-c2ccccc2C(OC[C@H]2O[C@@H](c3cnn4c(=O)[nH]cnc34)[C@H](O[Si](C)(C)C(C)(C)C)[C@@H]2O[P+](=O)O)c2ccccc2-c2ccc(OC)cc2)cc1. The Balaban J connectivity index is 1.34. The van der Waals surface area contributed by atoms with Crippen LogP contribution in [0.4, 0.5) is 0 Å². The molecule has 0 bridgehead atoms. The van der Waals surface area contributed by atoms with E-state index in [0.717, 1.165) is 49.4 Å². The molecule has 1 aliphatic heterocycles. The first-order valence-corrected chi connectivity index (χ1v) is 23.0. The summed E-state index contributed by atoms with van der Waals surface area (Å²) >= 11 is 0. The number of aromatic nitrogens is 4. The van der Waals surface area contributed by atoms with E-state index in [9.17, 15) is 14.3 Å². The molecular formula is C43H48N4O9PSi+. The van der Waals surface area contributed by atoms with Crippen molar-refractivity contribution in [2.75, 3.05) is 20.8 Å². The molecule has 0 radical (unpaired) electrons. The number of hydrogen-bond donors (Lipinski definition) is 2. The predicted molar refractivity (Wildman–Crippen MR) is 223 cm³/mol. The maximum absolute atomic E-state index is 12.7. The van der Waals surface area contributed by atoms with Crippen LogP contribution < -0.4 is 15.2 Å². The summed E-state index contributed by atoms with van der Waals surface area (Å²) in [5.74, 6) is 1.47. The van der Waals surface area contributed by atoms with Crippen LogP contribution in [0.15, 0.2) is 114 Å². The van der Waals surface area contributed by atoms with Crippen molar-refractivity contribution in [2.45, 2.75) is 69.4 Å². The van der Waals surface area contributed by atoms with Crippen LogP contribution >= 0.6 is 8.25 Å². The van der Waals surface area contributed by atoms with Gasteiger partial charge in [-0.2, -0.15) is 9.61 Å². The Morgan fingerprint density at radius 3 is 1.93 bits per heavy atom. The lowest BCUT2D eigenvalue weighted by atomic mass is 9.88. The summed E-state index contributed by atoms with van der Waals surface area (Å²) < 4.78 is 51.4. The lowest BCUT2D eigenvalue weighted by molar-refractivity contribution is -0.0549. The normalized spacial score (nSPS) is 18.8. The van der Waals surface area contributed by atoms with Gasteiger partial charge in [0.05, 0.1) is 33.4 Å². The molecular weight excluding hydrogens is 776 g/mol. The van der Waals surface area contributed by atoms with Gasteiger partial charge in [0.15, 0.2) is 20.1 Å². The molecule has 4 aromatic carbocycles. The van der Waals surface area contributed by atoms with Gasteiger partial charge >= 0.3 is 13.9 Å². The lowest BCUT2D eigenvalue weighted by Crippen LogP contribution is -2.48. The topological polar surface area (TPSA) is 156 Å². The highest BCUT2D eigenvalue weighted by Gasteiger charge is 2.55. The van der Waals surface area contributed by atoms with Crippen molar-refractivity contribution >= 4 is 22.2 Å². The fraction of sp³-hybridized carbons (Fsp3) is 0.326. The van der Waals surface area contributed by atoms with Gasteiger partial charge in [-0.25, -0.2) is 9.78 Å². The Hall–Kier alpha value is -5.05. The molecule has 0 aliphatic carbocycles. The molecule has 0 saturated carbocycles. The third kappa shape index (κ3) is 8.41. The Morgan fingerprint density at radius 1 is 0.862 bits per heavy atom. The van der Waals surface area contributed by atoms with Crippen LogP contribution in [0.5, 0.6) is 11.5 Å². The van der Waals surface area contributed by atoms with Crippen molar-refractivity contribution in [2.24, 2.45) is 0 Å². The van der Waals surface area contributed by atoms with Gasteiger partial charge in [0.2, 0.25) is 0 Å². The lowest BCUT2D eigenvalue weighted by Gasteiger charge is -2.39. The first kappa shape index (κ1) is 41.1. The van der Waals surface area contributed by atoms with E-state index in [1.54, 1.807) is 14.2 Å². The molecule has 13 nitrogen and oxygen atoms in total. The van der Waals surface area contributed by atoms with E-state index in [0.29, 0.717) is 5.56 Å². The number of H-pyrrole nitrogens is 1. The van der Waals surface area contributed by atoms with Gasteiger partial charge < -0.3 is 23.4 Å². The zero-order valence-corrected chi connectivity index (χ0v) is 35.4. The second-order valence-electron chi connectivity index (χ2n) is 15.6. The highest BCUT2D eigenvalue weighted by molar-refractivity contribution is 7.32. The van der Waals surface area contributed by atoms with E-state index in [4.69, 9.17) is 27.9 Å². The smallest absolute Gasteiger partial charge is 0.497 e. The first-order valence-electron chi connectivity index (χ1n) is 19.0. The predicted octanol–water partition coefficient (Wildman–Crippen LogP) is 8.44. The second kappa shape index (κ2) is 17.0. The number of nitrogens with one attached hydrogen (secondary N) is 1. The van der Waals surface area contributed by atoms with E-state index in [1.807, 2.05) is 84.9 Å². The molecule has 7 rings (SSSR count). The fourth-order valence-corrected chi connectivity index (χ4v) is 8.84. The van der Waals surface area contributed by atoms with Crippen molar-refractivity contribution in [3.63, 3.8) is 0 Å². The summed E-state index contributed by atoms with van der Waals surface area (Å²) in [6, 6.07) is 31.8. The zero-order valence-electron chi connectivity index (χ0n) is 33.5. The average Bonchev–Trinajstić information content (AvgIpc) is 3.79. The Labute approximate surface area is 339 Å². The van der Waals surface area contributed by atoms with Gasteiger partial charge in [-0.1, -0.05) is 93.6 Å². The standard InChI is InChI=1S/C43H47N4O9PSi/c1-43(2,3)58(6,7)56-40-38(35-24-46-47-41(35)44-26-45-42(47)48)54-36(39(40)55-57(49)50)25-53-37(33-14-10-8-12-31(33)27-16-20-29(51-4)21-17-27)34-15-11-9-13-32(34)28-18-22-30(52-5)23-19-28/h8-24,26,36-40H,25H2,1-7H3,(H-,44,45,46,48,49,50)/p+1/t36-,38+,39-,40+/m1/s1. The van der Waals surface area contributed by atoms with Gasteiger partial charge in [0, 0.05) is 10.1 Å². The van der Waals surface area contributed by atoms with Crippen LogP contribution in [0.3, 0.4) is 0 Å². The Morgan fingerprint density at radius 2 is 1.41 bits per heavy atom. The van der Waals surface area contributed by atoms with E-state index in [2.05, 4.69) is 61.1 Å². The number of rotatable bonds is 14. The molecule has 2 N–H and O–H groups in total. The van der Waals surface area contributed by atoms with Gasteiger partial charge in [0.25, 0.3) is 0 Å². The molecule has 15 heteroatoms. The summed E-state index contributed by atoms with van der Waals surface area (Å²) in [7, 11) is -2.43. The van der Waals surface area contributed by atoms with Crippen molar-refractivity contribution in [3.8, 4) is 33.8 Å². The van der Waals surface area contributed by atoms with Crippen LogP contribution in [0.2, 0.25) is 18.1 Å². The van der Waals surface area contributed by atoms with Crippen LogP contribution in [0.25, 0.3) is 27.9 Å². The van der Waals surface area contributed by atoms with E-state index >= 15 is 0 Å². The Kier molecular flexibility index (Phi) is 12.1. The van der Waals surface area contributed by atoms with Gasteiger partial charge in [-0.15, -0.1) is 9.42 Å². The molecule has 1 unspecified atom stereocenters. The molecule has 1 saturated heterocycles. The molecule has 0 amide bonds. The molecule has 3 heterocycles. The van der Waals surface area contributed by atoms with Crippen molar-refractivity contribution in [1.29, 1.82) is 0 Å². The number of nitrogens with zero attached hydrogens (tertiary/aromatic N) is 3. The Bertz CT molecular complexity index is 2340. The molecule has 1 aliphatic rings. The minimum atomic E-state index is -3.11. The van der Waals surface area contributed by atoms with E-state index in [-0.39, 0.29) is 17.3 Å². The van der Waals surface area contributed by atoms with Crippen LogP contribution in [0.1, 0.15) is 49.7 Å². The summed E-state index contributed by atoms with van der Waals surface area (Å²) in [5.41, 5.74) is 5.84. The number of ether oxygens (including phenoxy) is 4. The second-order valence-corrected chi connectivity index (χ2v) is 21.1. The summed E-state index contributed by atoms with van der Waals surface area (Å²) in [6.07, 6.45) is -1.59. The minimum Gasteiger partial charge on any atom is -0.497 e. The average molecular weight is 824 g/mol. The fourth-order valence-electron chi connectivity index (χ4n) is 7.09. The summed E-state index contributed by atoms with van der Waals surface area (Å²) in [6.45, 7) is 10.4. The molecule has 0 spiro atoms. The summed E-state index contributed by atoms with van der Waals surface area (Å²) in [4.78, 5) is 30.0. The molecule has 1 fully saturated rings. The molecule has 58 heavy (non-hydrogen) atoms. The largest absolute Gasteiger partial charge is 0.695 e. The van der Waals surface area contributed by atoms with Crippen molar-refractivity contribution in [1.82, 2.24) is 19.6 Å². The third-order valence-corrected chi connectivity index (χ3v) is 16.0. The highest BCUT2D eigenvalue weighted by atomic mass is 31.1. The number of aromatic amines is 1. The molecule has 5 atom stereocenters. The minimum absolute atomic E-state index is 0.0759. The maximum atomic E-state index is 12.7. The maximum Gasteiger partial charge on any atom is 0.695 e. The number of methoxy groups -OCH3 is 2. The summed E-state index contributed by atoms with van der Waals surface area (Å²) in [5, 5.41) is 4.06. The van der Waals surface area contributed by atoms with Gasteiger partial charge in [-0.05, 0) is 75.8 Å². The van der Waals surface area contributed by atoms with E-state index in [1.165, 1.54) is 12.5 Å². The van der Waals surface area contributed by atoms with Crippen molar-refractivity contribution in [3.05, 3.63) is 137 Å². The van der Waals surface area contributed by atoms with Gasteiger partial charge in [-0.3, -0.25) is 4.98 Å². The first-order chi connectivity index (χ1) is 27.8. The van der Waals surface area contributed by atoms with Crippen molar-refractivity contribution < 1.29 is 37.4 Å². The van der Waals surface area contributed by atoms with Crippen LogP contribution in [0, 0.1) is 0 Å². The third-order valence-electron chi connectivity index (χ3n) is 11.1. The molecule has 6 aromatic rings. The number of hydrogen-bond acceptors (Lipinski definition) is 10. The number of benzene rings is 4. The number of fused-ring (bicyclic) bond motifs is 1. The van der Waals surface area contributed by atoms with Crippen LogP contribution in [-0.2, 0) is 23.0 Å². The van der Waals surface area contributed by atoms with Crippen LogP contribution in [-0.4, -0.2) is 71.9 Å². The van der Waals surface area contributed by atoms with Gasteiger partial charge in [0.1, 0.15) is 35.9 Å².